The van der Waals surface area contributed by atoms with E-state index in [1.807, 2.05) is 24.3 Å². The van der Waals surface area contributed by atoms with Crippen LogP contribution in [0.15, 0.2) is 53.4 Å². The summed E-state index contributed by atoms with van der Waals surface area (Å²) in [5.74, 6) is -0.450. The highest BCUT2D eigenvalue weighted by atomic mass is 32.2. The summed E-state index contributed by atoms with van der Waals surface area (Å²) in [5.41, 5.74) is 0.316. The largest absolute Gasteiger partial charge is 0.481 e. The van der Waals surface area contributed by atoms with Crippen LogP contribution in [0, 0.1) is 0 Å². The minimum absolute atomic E-state index is 0.0392. The lowest BCUT2D eigenvalue weighted by Gasteiger charge is -2.08. The van der Waals surface area contributed by atoms with Gasteiger partial charge in [-0.2, -0.15) is 13.2 Å². The quantitative estimate of drug-likeness (QED) is 0.485. The monoisotopic (exact) mass is 425 g/mol. The molecule has 3 aromatic rings. The topological polar surface area (TPSA) is 75.1 Å². The third-order valence-electron chi connectivity index (χ3n) is 3.56. The number of hydrogen-bond donors (Lipinski definition) is 2. The molecular weight excluding hydrogens is 411 g/mol. The van der Waals surface area contributed by atoms with Crippen molar-refractivity contribution in [3.63, 3.8) is 0 Å². The fourth-order valence-corrected chi connectivity index (χ4v) is 4.16. The van der Waals surface area contributed by atoms with Crippen LogP contribution in [0.25, 0.3) is 10.6 Å². The first-order valence-corrected chi connectivity index (χ1v) is 9.85. The first kappa shape index (κ1) is 20.2. The average Bonchev–Trinajstić information content (AvgIpc) is 3.09. The van der Waals surface area contributed by atoms with Crippen molar-refractivity contribution >= 4 is 39.9 Å². The van der Waals surface area contributed by atoms with E-state index >= 15 is 0 Å². The maximum atomic E-state index is 12.8. The maximum Gasteiger partial charge on any atom is 0.416 e. The molecule has 1 aromatic heterocycles. The number of alkyl halides is 3. The Morgan fingerprint density at radius 1 is 1.14 bits per heavy atom. The highest BCUT2D eigenvalue weighted by Crippen LogP contribution is 2.36. The second-order valence-electron chi connectivity index (χ2n) is 5.60. The van der Waals surface area contributed by atoms with Crippen molar-refractivity contribution in [1.29, 1.82) is 0 Å². The molecule has 0 aliphatic rings. The van der Waals surface area contributed by atoms with Crippen LogP contribution < -0.4 is 5.32 Å². The van der Waals surface area contributed by atoms with E-state index in [-0.39, 0.29) is 12.1 Å². The first-order chi connectivity index (χ1) is 13.3. The van der Waals surface area contributed by atoms with Gasteiger partial charge in [0.15, 0.2) is 5.01 Å². The normalized spacial score (nSPS) is 11.4. The lowest BCUT2D eigenvalue weighted by molar-refractivity contribution is -0.138. The molecule has 0 saturated carbocycles. The highest BCUT2D eigenvalue weighted by molar-refractivity contribution is 7.99. The fourth-order valence-electron chi connectivity index (χ4n) is 2.30. The molecule has 0 radical (unpaired) electrons. The SMILES string of the molecule is O=C(O)CCSc1ccccc1-c1nnc(Nc2cccc(C(F)(F)F)c2)s1. The summed E-state index contributed by atoms with van der Waals surface area (Å²) < 4.78 is 38.5. The summed E-state index contributed by atoms with van der Waals surface area (Å²) in [6.45, 7) is 0. The van der Waals surface area contributed by atoms with E-state index in [9.17, 15) is 18.0 Å². The second-order valence-corrected chi connectivity index (χ2v) is 7.72. The minimum Gasteiger partial charge on any atom is -0.481 e. The molecule has 2 aromatic carbocycles. The van der Waals surface area contributed by atoms with E-state index in [0.29, 0.717) is 15.9 Å². The van der Waals surface area contributed by atoms with Crippen LogP contribution in [-0.4, -0.2) is 27.0 Å². The number of nitrogens with one attached hydrogen (secondary N) is 1. The standard InChI is InChI=1S/C18H14F3N3O2S2/c19-18(20,21)11-4-3-5-12(10-11)22-17-24-23-16(28-17)13-6-1-2-7-14(13)27-9-8-15(25)26/h1-7,10H,8-9H2,(H,22,24)(H,25,26). The third-order valence-corrected chi connectivity index (χ3v) is 5.50. The zero-order chi connectivity index (χ0) is 20.1. The molecule has 146 valence electrons. The van der Waals surface area contributed by atoms with E-state index in [4.69, 9.17) is 5.11 Å². The van der Waals surface area contributed by atoms with Gasteiger partial charge in [-0.05, 0) is 24.3 Å². The number of anilines is 2. The summed E-state index contributed by atoms with van der Waals surface area (Å²) in [7, 11) is 0. The van der Waals surface area contributed by atoms with Gasteiger partial charge in [0.05, 0.1) is 12.0 Å². The van der Waals surface area contributed by atoms with Gasteiger partial charge in [-0.25, -0.2) is 0 Å². The Kier molecular flexibility index (Phi) is 6.20. The van der Waals surface area contributed by atoms with Gasteiger partial charge in [0.25, 0.3) is 0 Å². The smallest absolute Gasteiger partial charge is 0.416 e. The number of carboxylic acids is 1. The number of thioether (sulfide) groups is 1. The second kappa shape index (κ2) is 8.61. The van der Waals surface area contributed by atoms with Crippen LogP contribution >= 0.6 is 23.1 Å². The molecule has 0 aliphatic carbocycles. The van der Waals surface area contributed by atoms with Gasteiger partial charge in [-0.1, -0.05) is 35.6 Å². The Balaban J connectivity index is 1.77. The summed E-state index contributed by atoms with van der Waals surface area (Å²) in [6, 6.07) is 12.2. The van der Waals surface area contributed by atoms with E-state index in [0.717, 1.165) is 22.6 Å². The minimum atomic E-state index is -4.42. The number of halogens is 3. The predicted octanol–water partition coefficient (Wildman–Crippen LogP) is 5.53. The lowest BCUT2D eigenvalue weighted by atomic mass is 10.2. The summed E-state index contributed by atoms with van der Waals surface area (Å²) in [6.07, 6.45) is -4.38. The van der Waals surface area contributed by atoms with Gasteiger partial charge >= 0.3 is 12.1 Å². The van der Waals surface area contributed by atoms with Crippen LogP contribution in [-0.2, 0) is 11.0 Å². The molecule has 0 bridgehead atoms. The van der Waals surface area contributed by atoms with Gasteiger partial charge in [0.1, 0.15) is 0 Å². The predicted molar refractivity (Wildman–Crippen MR) is 103 cm³/mol. The van der Waals surface area contributed by atoms with Gasteiger partial charge in [-0.3, -0.25) is 4.79 Å². The van der Waals surface area contributed by atoms with Crippen molar-refractivity contribution in [2.24, 2.45) is 0 Å². The zero-order valence-corrected chi connectivity index (χ0v) is 15.9. The Morgan fingerprint density at radius 3 is 2.68 bits per heavy atom. The molecule has 0 spiro atoms. The van der Waals surface area contributed by atoms with Crippen molar-refractivity contribution in [1.82, 2.24) is 10.2 Å². The molecule has 5 nitrogen and oxygen atoms in total. The lowest BCUT2D eigenvalue weighted by Crippen LogP contribution is -2.05. The summed E-state index contributed by atoms with van der Waals surface area (Å²) >= 11 is 2.60. The summed E-state index contributed by atoms with van der Waals surface area (Å²) in [5, 5.41) is 20.7. The third kappa shape index (κ3) is 5.23. The number of carboxylic acid groups (broad SMARTS) is 1. The average molecular weight is 425 g/mol. The van der Waals surface area contributed by atoms with Crippen LogP contribution in [0.1, 0.15) is 12.0 Å². The molecular formula is C18H14F3N3O2S2. The molecule has 3 rings (SSSR count). The zero-order valence-electron chi connectivity index (χ0n) is 14.2. The summed E-state index contributed by atoms with van der Waals surface area (Å²) in [4.78, 5) is 11.6. The van der Waals surface area contributed by atoms with Crippen LogP contribution in [0.2, 0.25) is 0 Å². The highest BCUT2D eigenvalue weighted by Gasteiger charge is 2.30. The van der Waals surface area contributed by atoms with Crippen molar-refractivity contribution in [3.05, 3.63) is 54.1 Å². The number of nitrogens with zero attached hydrogens (tertiary/aromatic N) is 2. The molecule has 1 heterocycles. The number of rotatable bonds is 7. The molecule has 0 fully saturated rings. The van der Waals surface area contributed by atoms with E-state index in [1.165, 1.54) is 35.2 Å². The van der Waals surface area contributed by atoms with Gasteiger partial charge in [0.2, 0.25) is 5.13 Å². The number of aliphatic carboxylic acids is 1. The van der Waals surface area contributed by atoms with E-state index in [1.54, 1.807) is 0 Å². The van der Waals surface area contributed by atoms with Gasteiger partial charge in [-0.15, -0.1) is 22.0 Å². The Bertz CT molecular complexity index is 976. The van der Waals surface area contributed by atoms with Gasteiger partial charge < -0.3 is 10.4 Å². The Hall–Kier alpha value is -2.59. The fraction of sp³-hybridized carbons (Fsp3) is 0.167. The van der Waals surface area contributed by atoms with Crippen LogP contribution in [0.5, 0.6) is 0 Å². The van der Waals surface area contributed by atoms with E-state index < -0.39 is 17.7 Å². The van der Waals surface area contributed by atoms with Crippen LogP contribution in [0.4, 0.5) is 24.0 Å². The molecule has 10 heteroatoms. The molecule has 0 amide bonds. The first-order valence-electron chi connectivity index (χ1n) is 8.05. The Morgan fingerprint density at radius 2 is 1.93 bits per heavy atom. The number of aromatic nitrogens is 2. The molecule has 0 atom stereocenters. The molecule has 2 N–H and O–H groups in total. The molecule has 28 heavy (non-hydrogen) atoms. The van der Waals surface area contributed by atoms with Crippen molar-refractivity contribution in [2.75, 3.05) is 11.1 Å². The molecule has 0 saturated heterocycles. The number of hydrogen-bond acceptors (Lipinski definition) is 6. The van der Waals surface area contributed by atoms with Crippen molar-refractivity contribution < 1.29 is 23.1 Å². The van der Waals surface area contributed by atoms with E-state index in [2.05, 4.69) is 15.5 Å². The molecule has 0 aliphatic heterocycles. The maximum absolute atomic E-state index is 12.8. The Labute approximate surface area is 166 Å². The van der Waals surface area contributed by atoms with Crippen LogP contribution in [0.3, 0.4) is 0 Å². The molecule has 0 unspecified atom stereocenters. The van der Waals surface area contributed by atoms with Crippen molar-refractivity contribution in [3.8, 4) is 10.6 Å². The number of carbonyl (C=O) groups is 1. The number of benzene rings is 2. The van der Waals surface area contributed by atoms with Crippen molar-refractivity contribution in [2.45, 2.75) is 17.5 Å². The van der Waals surface area contributed by atoms with Gasteiger partial charge in [0, 0.05) is 21.9 Å².